The maximum Gasteiger partial charge on any atom is 0.278 e. The van der Waals surface area contributed by atoms with Crippen molar-refractivity contribution in [3.05, 3.63) is 40.9 Å². The van der Waals surface area contributed by atoms with Crippen LogP contribution < -0.4 is 5.32 Å². The third-order valence-electron chi connectivity index (χ3n) is 1.92. The summed E-state index contributed by atoms with van der Waals surface area (Å²) in [6.07, 6.45) is 3.14. The van der Waals surface area contributed by atoms with Crippen LogP contribution in [0.3, 0.4) is 0 Å². The second-order valence-corrected chi connectivity index (χ2v) is 3.45. The van der Waals surface area contributed by atoms with E-state index in [2.05, 4.69) is 20.0 Å². The van der Waals surface area contributed by atoms with Gasteiger partial charge in [-0.15, -0.1) is 0 Å². The molecule has 6 nitrogen and oxygen atoms in total. The average Bonchev–Trinajstić information content (AvgIpc) is 2.85. The number of aldehydes is 1. The van der Waals surface area contributed by atoms with Crippen LogP contribution in [-0.4, -0.2) is 22.3 Å². The van der Waals surface area contributed by atoms with Crippen molar-refractivity contribution < 1.29 is 14.1 Å². The van der Waals surface area contributed by atoms with Gasteiger partial charge in [-0.05, 0) is 6.07 Å². The van der Waals surface area contributed by atoms with Gasteiger partial charge in [0.15, 0.2) is 12.0 Å². The first kappa shape index (κ1) is 11.3. The highest BCUT2D eigenvalue weighted by Gasteiger charge is 2.10. The minimum Gasteiger partial charge on any atom is -0.364 e. The lowest BCUT2D eigenvalue weighted by Gasteiger charge is -2.03. The number of hydrogen-bond donors (Lipinski definition) is 1. The second-order valence-electron chi connectivity index (χ2n) is 3.05. The van der Waals surface area contributed by atoms with Gasteiger partial charge >= 0.3 is 0 Å². The zero-order valence-electron chi connectivity index (χ0n) is 8.38. The molecule has 2 aromatic rings. The van der Waals surface area contributed by atoms with Crippen LogP contribution in [0.1, 0.15) is 20.8 Å². The Labute approximate surface area is 101 Å². The molecule has 1 amide bonds. The number of halogens is 1. The number of pyridine rings is 1. The molecule has 0 bridgehead atoms. The van der Waals surface area contributed by atoms with E-state index < -0.39 is 5.91 Å². The van der Waals surface area contributed by atoms with E-state index in [1.807, 2.05) is 0 Å². The third kappa shape index (κ3) is 2.48. The number of anilines is 1. The van der Waals surface area contributed by atoms with E-state index in [-0.39, 0.29) is 22.1 Å². The third-order valence-corrected chi connectivity index (χ3v) is 2.24. The topological polar surface area (TPSA) is 85.1 Å². The molecule has 0 radical (unpaired) electrons. The molecular weight excluding hydrogens is 246 g/mol. The lowest BCUT2D eigenvalue weighted by atomic mass is 10.3. The molecule has 0 aromatic carbocycles. The Morgan fingerprint density at radius 3 is 3.00 bits per heavy atom. The monoisotopic (exact) mass is 251 g/mol. The molecule has 0 spiro atoms. The summed E-state index contributed by atoms with van der Waals surface area (Å²) in [5.74, 6) is -0.269. The van der Waals surface area contributed by atoms with Gasteiger partial charge in [0.05, 0.1) is 5.02 Å². The minimum atomic E-state index is -0.481. The first-order chi connectivity index (χ1) is 8.20. The van der Waals surface area contributed by atoms with Gasteiger partial charge in [0.25, 0.3) is 5.91 Å². The van der Waals surface area contributed by atoms with Crippen molar-refractivity contribution in [1.29, 1.82) is 0 Å². The van der Waals surface area contributed by atoms with Gasteiger partial charge in [-0.2, -0.15) is 0 Å². The molecule has 1 N–H and O–H groups in total. The molecule has 0 aliphatic heterocycles. The van der Waals surface area contributed by atoms with E-state index in [4.69, 9.17) is 11.6 Å². The highest BCUT2D eigenvalue weighted by atomic mass is 35.5. The van der Waals surface area contributed by atoms with E-state index in [1.165, 1.54) is 24.6 Å². The Morgan fingerprint density at radius 1 is 1.53 bits per heavy atom. The average molecular weight is 252 g/mol. The van der Waals surface area contributed by atoms with Crippen molar-refractivity contribution in [1.82, 2.24) is 10.1 Å². The number of amides is 1. The molecule has 0 unspecified atom stereocenters. The van der Waals surface area contributed by atoms with E-state index >= 15 is 0 Å². The van der Waals surface area contributed by atoms with Crippen molar-refractivity contribution >= 4 is 29.6 Å². The van der Waals surface area contributed by atoms with Gasteiger partial charge < -0.3 is 9.84 Å². The largest absolute Gasteiger partial charge is 0.364 e. The standard InChI is InChI=1S/C10H6ClN3O3/c11-7-4-12-9(3-6(7)5-15)13-10(16)8-1-2-17-14-8/h1-5H,(H,12,13,16). The summed E-state index contributed by atoms with van der Waals surface area (Å²) >= 11 is 5.70. The molecule has 2 rings (SSSR count). The fourth-order valence-electron chi connectivity index (χ4n) is 1.12. The summed E-state index contributed by atoms with van der Waals surface area (Å²) < 4.78 is 4.53. The zero-order valence-corrected chi connectivity index (χ0v) is 9.14. The molecular formula is C10H6ClN3O3. The van der Waals surface area contributed by atoms with Crippen molar-refractivity contribution in [3.8, 4) is 0 Å². The Morgan fingerprint density at radius 2 is 2.35 bits per heavy atom. The molecule has 17 heavy (non-hydrogen) atoms. The van der Waals surface area contributed by atoms with Gasteiger partial charge in [-0.25, -0.2) is 4.98 Å². The Bertz CT molecular complexity index is 554. The van der Waals surface area contributed by atoms with Crippen LogP contribution in [0.5, 0.6) is 0 Å². The number of carbonyl (C=O) groups is 2. The van der Waals surface area contributed by atoms with E-state index in [1.54, 1.807) is 0 Å². The maximum atomic E-state index is 11.6. The predicted molar refractivity (Wildman–Crippen MR) is 59.1 cm³/mol. The smallest absolute Gasteiger partial charge is 0.278 e. The molecule has 0 aliphatic rings. The number of hydrogen-bond acceptors (Lipinski definition) is 5. The van der Waals surface area contributed by atoms with Gasteiger partial charge in [-0.3, -0.25) is 9.59 Å². The zero-order chi connectivity index (χ0) is 12.3. The summed E-state index contributed by atoms with van der Waals surface area (Å²) in [6, 6.07) is 2.78. The Hall–Kier alpha value is -2.21. The van der Waals surface area contributed by atoms with Crippen LogP contribution in [0.2, 0.25) is 5.02 Å². The minimum absolute atomic E-state index is 0.120. The first-order valence-corrected chi connectivity index (χ1v) is 4.91. The van der Waals surface area contributed by atoms with Gasteiger partial charge in [0, 0.05) is 17.8 Å². The molecule has 0 saturated heterocycles. The normalized spacial score (nSPS) is 9.94. The van der Waals surface area contributed by atoms with E-state index in [0.29, 0.717) is 6.29 Å². The molecule has 86 valence electrons. The van der Waals surface area contributed by atoms with Crippen LogP contribution in [0, 0.1) is 0 Å². The molecule has 2 aromatic heterocycles. The van der Waals surface area contributed by atoms with Crippen LogP contribution >= 0.6 is 11.6 Å². The number of carbonyl (C=O) groups excluding carboxylic acids is 2. The molecule has 0 aliphatic carbocycles. The number of aromatic nitrogens is 2. The van der Waals surface area contributed by atoms with Gasteiger partial charge in [0.1, 0.15) is 12.1 Å². The Kier molecular flexibility index (Phi) is 3.15. The quantitative estimate of drug-likeness (QED) is 0.841. The van der Waals surface area contributed by atoms with Gasteiger partial charge in [-0.1, -0.05) is 16.8 Å². The van der Waals surface area contributed by atoms with Crippen LogP contribution in [-0.2, 0) is 0 Å². The van der Waals surface area contributed by atoms with Crippen LogP contribution in [0.4, 0.5) is 5.82 Å². The molecule has 0 atom stereocenters. The van der Waals surface area contributed by atoms with E-state index in [9.17, 15) is 9.59 Å². The fourth-order valence-corrected chi connectivity index (χ4v) is 1.27. The van der Waals surface area contributed by atoms with Crippen LogP contribution in [0.15, 0.2) is 29.1 Å². The number of rotatable bonds is 3. The molecule has 7 heteroatoms. The fraction of sp³-hybridized carbons (Fsp3) is 0. The van der Waals surface area contributed by atoms with Crippen molar-refractivity contribution in [3.63, 3.8) is 0 Å². The lowest BCUT2D eigenvalue weighted by molar-refractivity contribution is 0.101. The maximum absolute atomic E-state index is 11.6. The van der Waals surface area contributed by atoms with Crippen molar-refractivity contribution in [2.45, 2.75) is 0 Å². The van der Waals surface area contributed by atoms with Crippen molar-refractivity contribution in [2.75, 3.05) is 5.32 Å². The first-order valence-electron chi connectivity index (χ1n) is 4.53. The molecule has 2 heterocycles. The van der Waals surface area contributed by atoms with Crippen molar-refractivity contribution in [2.24, 2.45) is 0 Å². The summed E-state index contributed by atoms with van der Waals surface area (Å²) in [5, 5.41) is 6.14. The summed E-state index contributed by atoms with van der Waals surface area (Å²) in [6.45, 7) is 0. The van der Waals surface area contributed by atoms with E-state index in [0.717, 1.165) is 0 Å². The van der Waals surface area contributed by atoms with Gasteiger partial charge in [0.2, 0.25) is 0 Å². The summed E-state index contributed by atoms with van der Waals surface area (Å²) in [7, 11) is 0. The predicted octanol–water partition coefficient (Wildman–Crippen LogP) is 1.79. The summed E-state index contributed by atoms with van der Waals surface area (Å²) in [5.41, 5.74) is 0.367. The number of nitrogens with one attached hydrogen (secondary N) is 1. The molecule has 0 saturated carbocycles. The second kappa shape index (κ2) is 4.75. The summed E-state index contributed by atoms with van der Waals surface area (Å²) in [4.78, 5) is 26.1. The van der Waals surface area contributed by atoms with Crippen LogP contribution in [0.25, 0.3) is 0 Å². The highest BCUT2D eigenvalue weighted by molar-refractivity contribution is 6.32. The Balaban J connectivity index is 2.19. The highest BCUT2D eigenvalue weighted by Crippen LogP contribution is 2.16. The lowest BCUT2D eigenvalue weighted by Crippen LogP contribution is -2.13. The number of nitrogens with zero attached hydrogens (tertiary/aromatic N) is 2. The molecule has 0 fully saturated rings. The SMILES string of the molecule is O=Cc1cc(NC(=O)c2ccon2)ncc1Cl.